The molecule has 0 saturated heterocycles. The minimum atomic E-state index is -0.121. The molecule has 0 unspecified atom stereocenters. The first-order chi connectivity index (χ1) is 11.5. The minimum Gasteiger partial charge on any atom is -0.490 e. The summed E-state index contributed by atoms with van der Waals surface area (Å²) in [5.41, 5.74) is 3.53. The maximum Gasteiger partial charge on any atom is 0.259 e. The van der Waals surface area contributed by atoms with Crippen LogP contribution in [0.2, 0.25) is 0 Å². The number of amides is 1. The van der Waals surface area contributed by atoms with Crippen LogP contribution in [-0.4, -0.2) is 56.0 Å². The van der Waals surface area contributed by atoms with Gasteiger partial charge in [-0.05, 0) is 49.8 Å². The van der Waals surface area contributed by atoms with Crippen LogP contribution >= 0.6 is 12.2 Å². The zero-order chi connectivity index (χ0) is 17.9. The lowest BCUT2D eigenvalue weighted by molar-refractivity contribution is -0.130. The van der Waals surface area contributed by atoms with Gasteiger partial charge in [0, 0.05) is 20.6 Å². The number of hydrazone groups is 1. The third kappa shape index (κ3) is 6.82. The summed E-state index contributed by atoms with van der Waals surface area (Å²) in [5, 5.41) is 7.45. The molecule has 0 saturated carbocycles. The molecule has 7 nitrogen and oxygen atoms in total. The van der Waals surface area contributed by atoms with E-state index in [4.69, 9.17) is 21.7 Å². The summed E-state index contributed by atoms with van der Waals surface area (Å²) in [6, 6.07) is 5.36. The molecular formula is C16H24N4O3S. The van der Waals surface area contributed by atoms with Gasteiger partial charge >= 0.3 is 0 Å². The van der Waals surface area contributed by atoms with Crippen molar-refractivity contribution in [3.8, 4) is 11.5 Å². The first-order valence-electron chi connectivity index (χ1n) is 7.64. The van der Waals surface area contributed by atoms with E-state index < -0.39 is 0 Å². The first kappa shape index (κ1) is 19.7. The summed E-state index contributed by atoms with van der Waals surface area (Å²) < 4.78 is 11.1. The summed E-state index contributed by atoms with van der Waals surface area (Å²) in [6.45, 7) is 5.01. The molecule has 1 aromatic rings. The number of carbonyl (C=O) groups is 1. The number of likely N-dealkylation sites (N-methyl/N-ethyl adjacent to an activating group) is 1. The van der Waals surface area contributed by atoms with Crippen molar-refractivity contribution in [2.75, 3.05) is 33.9 Å². The molecule has 132 valence electrons. The van der Waals surface area contributed by atoms with E-state index in [0.29, 0.717) is 23.2 Å². The molecule has 0 bridgehead atoms. The fraction of sp³-hybridized carbons (Fsp3) is 0.438. The van der Waals surface area contributed by atoms with Gasteiger partial charge in [0.15, 0.2) is 23.2 Å². The van der Waals surface area contributed by atoms with Gasteiger partial charge in [-0.25, -0.2) is 0 Å². The van der Waals surface area contributed by atoms with Gasteiger partial charge in [-0.3, -0.25) is 10.2 Å². The van der Waals surface area contributed by atoms with Crippen molar-refractivity contribution in [2.24, 2.45) is 5.10 Å². The summed E-state index contributed by atoms with van der Waals surface area (Å²) in [4.78, 5) is 13.1. The monoisotopic (exact) mass is 352 g/mol. The minimum absolute atomic E-state index is 0.0426. The van der Waals surface area contributed by atoms with Crippen LogP contribution in [-0.2, 0) is 4.79 Å². The van der Waals surface area contributed by atoms with Gasteiger partial charge in [-0.1, -0.05) is 0 Å². The van der Waals surface area contributed by atoms with Gasteiger partial charge in [0.25, 0.3) is 5.91 Å². The van der Waals surface area contributed by atoms with E-state index in [-0.39, 0.29) is 12.5 Å². The number of nitrogens with one attached hydrogen (secondary N) is 2. The lowest BCUT2D eigenvalue weighted by atomic mass is 10.2. The van der Waals surface area contributed by atoms with Gasteiger partial charge < -0.3 is 19.7 Å². The summed E-state index contributed by atoms with van der Waals surface area (Å²) >= 11 is 5.02. The smallest absolute Gasteiger partial charge is 0.259 e. The van der Waals surface area contributed by atoms with E-state index in [1.807, 2.05) is 19.9 Å². The second kappa shape index (κ2) is 10.4. The molecular weight excluding hydrogens is 328 g/mol. The van der Waals surface area contributed by atoms with E-state index in [2.05, 4.69) is 15.8 Å². The van der Waals surface area contributed by atoms with Crippen LogP contribution in [0.15, 0.2) is 23.3 Å². The maximum atomic E-state index is 11.6. The van der Waals surface area contributed by atoms with Crippen molar-refractivity contribution in [3.63, 3.8) is 0 Å². The molecule has 8 heteroatoms. The fourth-order valence-corrected chi connectivity index (χ4v) is 1.82. The van der Waals surface area contributed by atoms with E-state index in [9.17, 15) is 4.79 Å². The predicted octanol–water partition coefficient (Wildman–Crippen LogP) is 1.37. The third-order valence-corrected chi connectivity index (χ3v) is 3.07. The molecule has 0 atom stereocenters. The fourth-order valence-electron chi connectivity index (χ4n) is 1.63. The number of thiocarbonyl (C=S) groups is 1. The maximum absolute atomic E-state index is 11.6. The van der Waals surface area contributed by atoms with Gasteiger partial charge in [0.1, 0.15) is 0 Å². The van der Waals surface area contributed by atoms with Crippen LogP contribution in [0.4, 0.5) is 0 Å². The largest absolute Gasteiger partial charge is 0.490 e. The van der Waals surface area contributed by atoms with Crippen LogP contribution in [0.3, 0.4) is 0 Å². The number of hydrogen-bond acceptors (Lipinski definition) is 5. The molecule has 0 fully saturated rings. The SMILES string of the molecule is CCNC(=S)NN=Cc1ccc(OCC(=O)N(C)C)c(OCC)c1. The lowest BCUT2D eigenvalue weighted by Gasteiger charge is -2.14. The Kier molecular flexibility index (Phi) is 8.56. The summed E-state index contributed by atoms with van der Waals surface area (Å²) in [6.07, 6.45) is 1.63. The highest BCUT2D eigenvalue weighted by atomic mass is 32.1. The number of ether oxygens (including phenoxy) is 2. The number of hydrogen-bond donors (Lipinski definition) is 2. The Balaban J connectivity index is 2.76. The molecule has 0 heterocycles. The lowest BCUT2D eigenvalue weighted by Crippen LogP contribution is -2.31. The normalized spacial score (nSPS) is 10.3. The van der Waals surface area contributed by atoms with Crippen molar-refractivity contribution in [3.05, 3.63) is 23.8 Å². The predicted molar refractivity (Wildman–Crippen MR) is 98.8 cm³/mol. The Morgan fingerprint density at radius 2 is 2.04 bits per heavy atom. The molecule has 1 aromatic carbocycles. The van der Waals surface area contributed by atoms with Gasteiger partial charge in [-0.15, -0.1) is 0 Å². The second-order valence-corrected chi connectivity index (χ2v) is 5.35. The van der Waals surface area contributed by atoms with Crippen LogP contribution in [0.25, 0.3) is 0 Å². The molecule has 1 amide bonds. The molecule has 1 rings (SSSR count). The van der Waals surface area contributed by atoms with Crippen molar-refractivity contribution < 1.29 is 14.3 Å². The number of nitrogens with zero attached hydrogens (tertiary/aromatic N) is 2. The van der Waals surface area contributed by atoms with Crippen LogP contribution in [0.5, 0.6) is 11.5 Å². The van der Waals surface area contributed by atoms with E-state index in [1.54, 1.807) is 32.4 Å². The zero-order valence-corrected chi connectivity index (χ0v) is 15.3. The Bertz CT molecular complexity index is 591. The number of carbonyl (C=O) groups excluding carboxylic acids is 1. The average molecular weight is 352 g/mol. The first-order valence-corrected chi connectivity index (χ1v) is 8.05. The molecule has 0 radical (unpaired) electrons. The van der Waals surface area contributed by atoms with E-state index in [0.717, 1.165) is 12.1 Å². The third-order valence-electron chi connectivity index (χ3n) is 2.83. The van der Waals surface area contributed by atoms with E-state index in [1.165, 1.54) is 4.90 Å². The standard InChI is InChI=1S/C16H24N4O3S/c1-5-17-16(24)19-18-10-12-7-8-13(14(9-12)22-6-2)23-11-15(21)20(3)4/h7-10H,5-6,11H2,1-4H3,(H2,17,19,24). The van der Waals surface area contributed by atoms with Crippen molar-refractivity contribution in [2.45, 2.75) is 13.8 Å². The van der Waals surface area contributed by atoms with Crippen LogP contribution < -0.4 is 20.2 Å². The molecule has 0 aliphatic heterocycles. The second-order valence-electron chi connectivity index (χ2n) is 4.95. The zero-order valence-electron chi connectivity index (χ0n) is 14.5. The van der Waals surface area contributed by atoms with Gasteiger partial charge in [0.05, 0.1) is 12.8 Å². The summed E-state index contributed by atoms with van der Waals surface area (Å²) in [5.74, 6) is 0.951. The van der Waals surface area contributed by atoms with Crippen molar-refractivity contribution >= 4 is 29.5 Å². The average Bonchev–Trinajstić information content (AvgIpc) is 2.54. The highest BCUT2D eigenvalue weighted by Crippen LogP contribution is 2.28. The Labute approximate surface area is 148 Å². The summed E-state index contributed by atoms with van der Waals surface area (Å²) in [7, 11) is 3.36. The number of benzene rings is 1. The molecule has 0 spiro atoms. The van der Waals surface area contributed by atoms with Crippen molar-refractivity contribution in [1.29, 1.82) is 0 Å². The topological polar surface area (TPSA) is 75.2 Å². The van der Waals surface area contributed by atoms with Crippen molar-refractivity contribution in [1.82, 2.24) is 15.6 Å². The molecule has 0 aromatic heterocycles. The Morgan fingerprint density at radius 1 is 1.29 bits per heavy atom. The molecule has 0 aliphatic rings. The molecule has 0 aliphatic carbocycles. The van der Waals surface area contributed by atoms with Crippen LogP contribution in [0, 0.1) is 0 Å². The highest BCUT2D eigenvalue weighted by molar-refractivity contribution is 7.80. The highest BCUT2D eigenvalue weighted by Gasteiger charge is 2.10. The van der Waals surface area contributed by atoms with Crippen LogP contribution in [0.1, 0.15) is 19.4 Å². The number of rotatable bonds is 8. The van der Waals surface area contributed by atoms with E-state index >= 15 is 0 Å². The van der Waals surface area contributed by atoms with Gasteiger partial charge in [0.2, 0.25) is 0 Å². The quantitative estimate of drug-likeness (QED) is 0.418. The molecule has 2 N–H and O–H groups in total. The Hall–Kier alpha value is -2.35. The van der Waals surface area contributed by atoms with Gasteiger partial charge in [-0.2, -0.15) is 5.10 Å². The Morgan fingerprint density at radius 3 is 2.67 bits per heavy atom. The molecule has 24 heavy (non-hydrogen) atoms.